The smallest absolute Gasteiger partial charge is 0.115 e. The Balaban J connectivity index is 2.32. The zero-order valence-electron chi connectivity index (χ0n) is 3.02. The fourth-order valence-electron chi connectivity index (χ4n) is 0. The van der Waals surface area contributed by atoms with Crippen LogP contribution in [0.2, 0.25) is 0 Å². The standard InChI is InChI=1S/C3H7P/c1-3(2)4/h3H,1-2H3/q-2. The summed E-state index contributed by atoms with van der Waals surface area (Å²) in [6.45, 7) is 4.06. The lowest BCUT2D eigenvalue weighted by Gasteiger charge is -2.37. The van der Waals surface area contributed by atoms with Crippen LogP contribution in [-0.4, -0.2) is 5.66 Å². The van der Waals surface area contributed by atoms with E-state index >= 15 is 0 Å². The normalized spacial score (nSPS) is 9.00. The van der Waals surface area contributed by atoms with Gasteiger partial charge in [-0.3, -0.25) is 0 Å². The molecule has 1 heteroatoms. The molecular formula is C3H7P-2. The monoisotopic (exact) mass is 74.0 g/mol. The molecular weight excluding hydrogens is 67.0 g/mol. The third kappa shape index (κ3) is 26.9. The molecule has 0 aromatic rings. The molecule has 0 saturated heterocycles. The van der Waals surface area contributed by atoms with Crippen LogP contribution in [0.25, 0.3) is 0 Å². The summed E-state index contributed by atoms with van der Waals surface area (Å²) in [5, 5.41) is 0. The highest BCUT2D eigenvalue weighted by molar-refractivity contribution is 7.17. The highest BCUT2D eigenvalue weighted by Gasteiger charge is 1.36. The number of rotatable bonds is 0. The Hall–Kier alpha value is 0.430. The van der Waals surface area contributed by atoms with Crippen molar-refractivity contribution < 1.29 is 0 Å². The van der Waals surface area contributed by atoms with Crippen LogP contribution in [0.1, 0.15) is 13.8 Å². The van der Waals surface area contributed by atoms with Gasteiger partial charge in [0, 0.05) is 0 Å². The third-order valence-corrected chi connectivity index (χ3v) is 0. The van der Waals surface area contributed by atoms with Crippen LogP contribution >= 0.6 is 9.24 Å². The first-order chi connectivity index (χ1) is 1.73. The average Bonchev–Trinajstić information content (AvgIpc) is 0.811. The summed E-state index contributed by atoms with van der Waals surface area (Å²) < 4.78 is 0. The Bertz CT molecular complexity index is 8.00. The van der Waals surface area contributed by atoms with Gasteiger partial charge in [0.25, 0.3) is 0 Å². The lowest BCUT2D eigenvalue weighted by molar-refractivity contribution is 1.12. The van der Waals surface area contributed by atoms with E-state index in [1.54, 1.807) is 0 Å². The lowest BCUT2D eigenvalue weighted by atomic mass is 10.6. The van der Waals surface area contributed by atoms with E-state index in [1.165, 1.54) is 0 Å². The Morgan fingerprint density at radius 2 is 1.50 bits per heavy atom. The van der Waals surface area contributed by atoms with Gasteiger partial charge in [0.15, 0.2) is 0 Å². The summed E-state index contributed by atoms with van der Waals surface area (Å²) in [4.78, 5) is 0. The molecule has 0 aromatic carbocycles. The zero-order valence-corrected chi connectivity index (χ0v) is 3.92. The molecule has 26 valence electrons. The van der Waals surface area contributed by atoms with Crippen LogP contribution < -0.4 is 0 Å². The summed E-state index contributed by atoms with van der Waals surface area (Å²) in [6.07, 6.45) is 0. The minimum Gasteiger partial charge on any atom is -1.49 e. The van der Waals surface area contributed by atoms with Gasteiger partial charge < -0.3 is 14.9 Å². The van der Waals surface area contributed by atoms with E-state index in [4.69, 9.17) is 0 Å². The molecule has 0 unspecified atom stereocenters. The molecule has 0 atom stereocenters. The molecule has 0 radical (unpaired) electrons. The van der Waals surface area contributed by atoms with Crippen molar-refractivity contribution in [3.8, 4) is 0 Å². The van der Waals surface area contributed by atoms with Crippen LogP contribution in [0.5, 0.6) is 0 Å². The molecule has 0 fully saturated rings. The maximum absolute atomic E-state index is 3.97. The molecule has 0 aliphatic heterocycles. The SMILES string of the molecule is CC(C)[P-2]. The first-order valence-electron chi connectivity index (χ1n) is 1.41. The first-order valence-corrected chi connectivity index (χ1v) is 1.93. The van der Waals surface area contributed by atoms with Gasteiger partial charge in [-0.05, 0) is 0 Å². The third-order valence-electron chi connectivity index (χ3n) is 0. The highest BCUT2D eigenvalue weighted by atomic mass is 31.0. The second-order valence-electron chi connectivity index (χ2n) is 1.09. The van der Waals surface area contributed by atoms with Gasteiger partial charge in [-0.2, -0.15) is 0 Å². The van der Waals surface area contributed by atoms with Crippen molar-refractivity contribution in [2.45, 2.75) is 19.5 Å². The maximum Gasteiger partial charge on any atom is -0.115 e. The maximum atomic E-state index is 3.97. The average molecular weight is 74.1 g/mol. The van der Waals surface area contributed by atoms with Gasteiger partial charge in [-0.15, -0.1) is 13.8 Å². The molecule has 0 N–H and O–H groups in total. The van der Waals surface area contributed by atoms with Gasteiger partial charge in [0.05, 0.1) is 0 Å². The summed E-state index contributed by atoms with van der Waals surface area (Å²) in [7, 11) is 3.97. The van der Waals surface area contributed by atoms with E-state index in [-0.39, 0.29) is 0 Å². The van der Waals surface area contributed by atoms with Crippen molar-refractivity contribution in [2.24, 2.45) is 0 Å². The predicted molar refractivity (Wildman–Crippen MR) is 22.1 cm³/mol. The molecule has 0 saturated carbocycles. The second kappa shape index (κ2) is 1.72. The molecule has 0 aliphatic rings. The molecule has 0 aliphatic carbocycles. The van der Waals surface area contributed by atoms with Crippen molar-refractivity contribution in [1.82, 2.24) is 0 Å². The first kappa shape index (κ1) is 4.43. The largest absolute Gasteiger partial charge is 1.49 e. The van der Waals surface area contributed by atoms with Crippen molar-refractivity contribution in [2.75, 3.05) is 0 Å². The van der Waals surface area contributed by atoms with Gasteiger partial charge >= 0.3 is 0 Å². The molecule has 0 amide bonds. The summed E-state index contributed by atoms with van der Waals surface area (Å²) in [5.41, 5.74) is 0.528. The van der Waals surface area contributed by atoms with Crippen molar-refractivity contribution >= 4 is 9.24 Å². The molecule has 0 nitrogen and oxygen atoms in total. The van der Waals surface area contributed by atoms with E-state index in [1.807, 2.05) is 13.8 Å². The van der Waals surface area contributed by atoms with Gasteiger partial charge in [-0.25, -0.2) is 0 Å². The fourth-order valence-corrected chi connectivity index (χ4v) is 0. The highest BCUT2D eigenvalue weighted by Crippen LogP contribution is 1.90. The summed E-state index contributed by atoms with van der Waals surface area (Å²) in [6, 6.07) is 0. The fraction of sp³-hybridized carbons (Fsp3) is 1.00. The number of hydrogen-bond donors (Lipinski definition) is 0. The van der Waals surface area contributed by atoms with Gasteiger partial charge in [0.2, 0.25) is 0 Å². The predicted octanol–water partition coefficient (Wildman–Crippen LogP) is 1.81. The van der Waals surface area contributed by atoms with Gasteiger partial charge in [0.1, 0.15) is 0 Å². The van der Waals surface area contributed by atoms with E-state index in [9.17, 15) is 0 Å². The lowest BCUT2D eigenvalue weighted by Crippen LogP contribution is -1.69. The Labute approximate surface area is 29.8 Å². The van der Waals surface area contributed by atoms with Crippen LogP contribution in [0.4, 0.5) is 0 Å². The van der Waals surface area contributed by atoms with Gasteiger partial charge in [-0.1, -0.05) is 0 Å². The molecule has 0 bridgehead atoms. The zero-order chi connectivity index (χ0) is 3.58. The van der Waals surface area contributed by atoms with Crippen LogP contribution in [0.3, 0.4) is 0 Å². The molecule has 4 heavy (non-hydrogen) atoms. The Kier molecular flexibility index (Phi) is 1.91. The van der Waals surface area contributed by atoms with Crippen molar-refractivity contribution in [3.63, 3.8) is 0 Å². The minimum absolute atomic E-state index is 0.528. The Morgan fingerprint density at radius 1 is 1.50 bits per heavy atom. The van der Waals surface area contributed by atoms with Crippen LogP contribution in [-0.2, 0) is 0 Å². The molecule has 0 rings (SSSR count). The Morgan fingerprint density at radius 3 is 1.50 bits per heavy atom. The van der Waals surface area contributed by atoms with Crippen molar-refractivity contribution in [1.29, 1.82) is 0 Å². The number of hydrogen-bond acceptors (Lipinski definition) is 0. The quantitative estimate of drug-likeness (QED) is 0.384. The van der Waals surface area contributed by atoms with Crippen LogP contribution in [0.15, 0.2) is 0 Å². The summed E-state index contributed by atoms with van der Waals surface area (Å²) in [5.74, 6) is 0. The van der Waals surface area contributed by atoms with E-state index in [0.717, 1.165) is 0 Å². The van der Waals surface area contributed by atoms with Crippen LogP contribution in [0, 0.1) is 0 Å². The van der Waals surface area contributed by atoms with E-state index < -0.39 is 0 Å². The molecule has 0 aromatic heterocycles. The molecule has 0 heterocycles. The second-order valence-corrected chi connectivity index (χ2v) is 2.13. The molecule has 0 spiro atoms. The minimum atomic E-state index is 0.528. The van der Waals surface area contributed by atoms with E-state index in [2.05, 4.69) is 9.24 Å². The topological polar surface area (TPSA) is 0 Å². The van der Waals surface area contributed by atoms with Crippen molar-refractivity contribution in [3.05, 3.63) is 0 Å². The summed E-state index contributed by atoms with van der Waals surface area (Å²) >= 11 is 0. The van der Waals surface area contributed by atoms with E-state index in [0.29, 0.717) is 5.66 Å².